The minimum absolute atomic E-state index is 0.152. The van der Waals surface area contributed by atoms with Gasteiger partial charge in [0.05, 0.1) is 6.10 Å². The van der Waals surface area contributed by atoms with Crippen LogP contribution < -0.4 is 11.5 Å². The first-order valence-electron chi connectivity index (χ1n) is 6.24. The van der Waals surface area contributed by atoms with Crippen LogP contribution in [0.4, 0.5) is 5.69 Å². The van der Waals surface area contributed by atoms with Crippen molar-refractivity contribution in [3.05, 3.63) is 59.9 Å². The molecule has 0 aliphatic rings. The lowest BCUT2D eigenvalue weighted by molar-refractivity contribution is 0.0803. The maximum absolute atomic E-state index is 6.25. The molecule has 0 aliphatic carbocycles. The van der Waals surface area contributed by atoms with E-state index in [-0.39, 0.29) is 12.1 Å². The molecule has 19 heavy (non-hydrogen) atoms. The summed E-state index contributed by atoms with van der Waals surface area (Å²) in [5.74, 6) is 0. The molecule has 1 aromatic heterocycles. The summed E-state index contributed by atoms with van der Waals surface area (Å²) < 4.78 is 5.52. The zero-order valence-corrected chi connectivity index (χ0v) is 11.0. The Balaban J connectivity index is 2.14. The van der Waals surface area contributed by atoms with Gasteiger partial charge < -0.3 is 16.2 Å². The van der Waals surface area contributed by atoms with Crippen molar-refractivity contribution in [3.63, 3.8) is 0 Å². The largest absolute Gasteiger partial charge is 0.398 e. The molecule has 2 unspecified atom stereocenters. The fraction of sp³-hybridized carbons (Fsp3) is 0.267. The zero-order valence-electron chi connectivity index (χ0n) is 11.0. The number of aromatic nitrogens is 1. The van der Waals surface area contributed by atoms with Crippen LogP contribution in [-0.2, 0) is 11.2 Å². The molecule has 0 spiro atoms. The number of methoxy groups -OCH3 is 1. The van der Waals surface area contributed by atoms with Gasteiger partial charge in [0.15, 0.2) is 0 Å². The highest BCUT2D eigenvalue weighted by Crippen LogP contribution is 2.23. The topological polar surface area (TPSA) is 74.2 Å². The first kappa shape index (κ1) is 13.5. The molecule has 0 radical (unpaired) electrons. The molecule has 2 aromatic rings. The summed E-state index contributed by atoms with van der Waals surface area (Å²) in [6.07, 6.45) is 3.91. The smallest absolute Gasteiger partial charge is 0.0975 e. The van der Waals surface area contributed by atoms with Crippen LogP contribution in [0.3, 0.4) is 0 Å². The van der Waals surface area contributed by atoms with Gasteiger partial charge in [0, 0.05) is 31.2 Å². The number of anilines is 1. The van der Waals surface area contributed by atoms with Gasteiger partial charge in [-0.3, -0.25) is 4.98 Å². The Labute approximate surface area is 113 Å². The van der Waals surface area contributed by atoms with Crippen molar-refractivity contribution < 1.29 is 4.74 Å². The summed E-state index contributed by atoms with van der Waals surface area (Å²) >= 11 is 0. The average Bonchev–Trinajstić information content (AvgIpc) is 2.43. The fourth-order valence-electron chi connectivity index (χ4n) is 2.17. The van der Waals surface area contributed by atoms with E-state index in [0.29, 0.717) is 12.1 Å². The number of rotatable bonds is 5. The lowest BCUT2D eigenvalue weighted by atomic mass is 9.97. The third-order valence-electron chi connectivity index (χ3n) is 3.17. The van der Waals surface area contributed by atoms with E-state index >= 15 is 0 Å². The van der Waals surface area contributed by atoms with Crippen molar-refractivity contribution in [2.45, 2.75) is 18.6 Å². The van der Waals surface area contributed by atoms with Crippen molar-refractivity contribution in [1.82, 2.24) is 4.98 Å². The Bertz CT molecular complexity index is 516. The molecule has 0 aliphatic heterocycles. The molecule has 0 saturated carbocycles. The quantitative estimate of drug-likeness (QED) is 0.858. The molecule has 2 rings (SSSR count). The molecule has 0 amide bonds. The van der Waals surface area contributed by atoms with Gasteiger partial charge in [0.1, 0.15) is 0 Å². The molecule has 0 saturated heterocycles. The summed E-state index contributed by atoms with van der Waals surface area (Å²) in [5.41, 5.74) is 14.9. The minimum atomic E-state index is -0.168. The normalized spacial score (nSPS) is 14.0. The molecule has 4 N–H and O–H groups in total. The van der Waals surface area contributed by atoms with Crippen LogP contribution in [0.15, 0.2) is 48.8 Å². The molecule has 1 heterocycles. The van der Waals surface area contributed by atoms with Gasteiger partial charge in [-0.05, 0) is 23.6 Å². The van der Waals surface area contributed by atoms with Crippen LogP contribution >= 0.6 is 0 Å². The van der Waals surface area contributed by atoms with Crippen LogP contribution in [0, 0.1) is 0 Å². The number of ether oxygens (including phenoxy) is 1. The average molecular weight is 257 g/mol. The van der Waals surface area contributed by atoms with Crippen molar-refractivity contribution in [2.24, 2.45) is 5.73 Å². The third kappa shape index (κ3) is 3.30. The zero-order chi connectivity index (χ0) is 13.7. The van der Waals surface area contributed by atoms with Crippen LogP contribution in [0.25, 0.3) is 0 Å². The second-order valence-electron chi connectivity index (χ2n) is 4.51. The Kier molecular flexibility index (Phi) is 4.49. The predicted octanol–water partition coefficient (Wildman–Crippen LogP) is 1.92. The van der Waals surface area contributed by atoms with E-state index in [2.05, 4.69) is 4.98 Å². The second kappa shape index (κ2) is 6.31. The molecule has 1 aromatic carbocycles. The van der Waals surface area contributed by atoms with E-state index < -0.39 is 0 Å². The predicted molar refractivity (Wildman–Crippen MR) is 76.5 cm³/mol. The van der Waals surface area contributed by atoms with Crippen molar-refractivity contribution in [3.8, 4) is 0 Å². The van der Waals surface area contributed by atoms with Gasteiger partial charge in [-0.15, -0.1) is 0 Å². The van der Waals surface area contributed by atoms with Crippen molar-refractivity contribution in [1.29, 1.82) is 0 Å². The van der Waals surface area contributed by atoms with Crippen LogP contribution in [-0.4, -0.2) is 18.1 Å². The molecule has 100 valence electrons. The number of nitrogens with zero attached hydrogens (tertiary/aromatic N) is 1. The molecule has 0 bridgehead atoms. The maximum Gasteiger partial charge on any atom is 0.0975 e. The summed E-state index contributed by atoms with van der Waals surface area (Å²) in [7, 11) is 1.67. The van der Waals surface area contributed by atoms with Crippen LogP contribution in [0.2, 0.25) is 0 Å². The van der Waals surface area contributed by atoms with Gasteiger partial charge in [-0.1, -0.05) is 30.3 Å². The van der Waals surface area contributed by atoms with Gasteiger partial charge in [-0.25, -0.2) is 0 Å². The molecule has 2 atom stereocenters. The molecule has 4 nitrogen and oxygen atoms in total. The summed E-state index contributed by atoms with van der Waals surface area (Å²) in [5, 5.41) is 0. The lowest BCUT2D eigenvalue weighted by Crippen LogP contribution is -2.32. The summed E-state index contributed by atoms with van der Waals surface area (Å²) in [6.45, 7) is 0. The highest BCUT2D eigenvalue weighted by molar-refractivity contribution is 5.44. The monoisotopic (exact) mass is 257 g/mol. The Morgan fingerprint density at radius 2 is 1.95 bits per heavy atom. The number of nitrogen functional groups attached to an aromatic ring is 1. The molecule has 0 fully saturated rings. The highest BCUT2D eigenvalue weighted by Gasteiger charge is 2.20. The second-order valence-corrected chi connectivity index (χ2v) is 4.51. The minimum Gasteiger partial charge on any atom is -0.398 e. The lowest BCUT2D eigenvalue weighted by Gasteiger charge is -2.23. The van der Waals surface area contributed by atoms with Gasteiger partial charge in [0.25, 0.3) is 0 Å². The van der Waals surface area contributed by atoms with Gasteiger partial charge in [-0.2, -0.15) is 0 Å². The number of hydrogen-bond donors (Lipinski definition) is 2. The third-order valence-corrected chi connectivity index (χ3v) is 3.17. The van der Waals surface area contributed by atoms with Crippen molar-refractivity contribution in [2.75, 3.05) is 12.8 Å². The van der Waals surface area contributed by atoms with E-state index in [1.165, 1.54) is 0 Å². The summed E-state index contributed by atoms with van der Waals surface area (Å²) in [4.78, 5) is 4.08. The van der Waals surface area contributed by atoms with Crippen molar-refractivity contribution >= 4 is 5.69 Å². The SMILES string of the molecule is COC(c1ccccc1)C(N)Cc1cnccc1N. The Morgan fingerprint density at radius 1 is 1.21 bits per heavy atom. The van der Waals surface area contributed by atoms with Gasteiger partial charge in [0.2, 0.25) is 0 Å². The summed E-state index contributed by atoms with van der Waals surface area (Å²) in [6, 6.07) is 11.6. The van der Waals surface area contributed by atoms with E-state index in [1.54, 1.807) is 25.6 Å². The van der Waals surface area contributed by atoms with E-state index in [1.807, 2.05) is 30.3 Å². The van der Waals surface area contributed by atoms with E-state index in [4.69, 9.17) is 16.2 Å². The van der Waals surface area contributed by atoms with E-state index in [0.717, 1.165) is 11.1 Å². The number of hydrogen-bond acceptors (Lipinski definition) is 4. The fourth-order valence-corrected chi connectivity index (χ4v) is 2.17. The van der Waals surface area contributed by atoms with Crippen LogP contribution in [0.5, 0.6) is 0 Å². The maximum atomic E-state index is 6.25. The number of benzene rings is 1. The number of pyridine rings is 1. The molecular weight excluding hydrogens is 238 g/mol. The molecule has 4 heteroatoms. The Hall–Kier alpha value is -1.91. The van der Waals surface area contributed by atoms with E-state index in [9.17, 15) is 0 Å². The number of nitrogens with two attached hydrogens (primary N) is 2. The highest BCUT2D eigenvalue weighted by atomic mass is 16.5. The first-order valence-corrected chi connectivity index (χ1v) is 6.24. The molecular formula is C15H19N3O. The van der Waals surface area contributed by atoms with Crippen LogP contribution in [0.1, 0.15) is 17.2 Å². The standard InChI is InChI=1S/C15H19N3O/c1-19-15(11-5-3-2-4-6-11)14(17)9-12-10-18-8-7-13(12)16/h2-8,10,14-15H,9,17H2,1H3,(H2,16,18). The van der Waals surface area contributed by atoms with Gasteiger partial charge >= 0.3 is 0 Å². The Morgan fingerprint density at radius 3 is 2.58 bits per heavy atom. The first-order chi connectivity index (χ1) is 9.22.